The van der Waals surface area contributed by atoms with Gasteiger partial charge in [0, 0.05) is 6.07 Å². The third kappa shape index (κ3) is 7.48. The summed E-state index contributed by atoms with van der Waals surface area (Å²) in [5.41, 5.74) is -0.363. The molecular weight excluding hydrogens is 509 g/mol. The number of aliphatic hydroxyl groups excluding tert-OH is 3. The molecule has 2 saturated carbocycles. The van der Waals surface area contributed by atoms with Crippen molar-refractivity contribution in [3.05, 3.63) is 34.4 Å². The summed E-state index contributed by atoms with van der Waals surface area (Å²) in [5, 5.41) is 42.7. The highest BCUT2D eigenvalue weighted by Crippen LogP contribution is 2.54. The van der Waals surface area contributed by atoms with Crippen LogP contribution in [-0.4, -0.2) is 69.8 Å². The van der Waals surface area contributed by atoms with E-state index in [4.69, 9.17) is 23.0 Å². The molecule has 37 heavy (non-hydrogen) atoms. The summed E-state index contributed by atoms with van der Waals surface area (Å²) in [6, 6.07) is 5.50. The van der Waals surface area contributed by atoms with Crippen LogP contribution < -0.4 is 4.74 Å². The van der Waals surface area contributed by atoms with Crippen LogP contribution in [0.15, 0.2) is 24.3 Å². The average Bonchev–Trinajstić information content (AvgIpc) is 2.89. The summed E-state index contributed by atoms with van der Waals surface area (Å²) in [6.07, 6.45) is 0.473. The Hall–Kier alpha value is -1.63. The first-order valence-electron chi connectivity index (χ1n) is 13.0. The van der Waals surface area contributed by atoms with Crippen molar-refractivity contribution in [1.82, 2.24) is 0 Å². The highest BCUT2D eigenvalue weighted by molar-refractivity contribution is 7.48. The lowest BCUT2D eigenvalue weighted by molar-refractivity contribution is -0.387. The second kappa shape index (κ2) is 12.9. The lowest BCUT2D eigenvalue weighted by Gasteiger charge is -2.40. The summed E-state index contributed by atoms with van der Waals surface area (Å²) in [4.78, 5) is 10.7. The zero-order chi connectivity index (χ0) is 26.4. The maximum Gasteiger partial charge on any atom is 0.475 e. The van der Waals surface area contributed by atoms with Gasteiger partial charge in [-0.2, -0.15) is 0 Å². The highest BCUT2D eigenvalue weighted by atomic mass is 31.2. The van der Waals surface area contributed by atoms with Crippen LogP contribution in [0.25, 0.3) is 0 Å². The SMILES string of the molecule is O=[N+]([O-])c1ccccc1OC1OC(COP(=O)(OC2CCCCC2)OC2CCCCC2)C(O)C(O)C1O. The van der Waals surface area contributed by atoms with E-state index in [1.54, 1.807) is 0 Å². The minimum atomic E-state index is -4.06. The van der Waals surface area contributed by atoms with Gasteiger partial charge in [-0.1, -0.05) is 50.7 Å². The number of nitro groups is 1. The molecule has 1 saturated heterocycles. The molecule has 0 bridgehead atoms. The van der Waals surface area contributed by atoms with E-state index in [1.807, 2.05) is 0 Å². The van der Waals surface area contributed by atoms with Gasteiger partial charge in [0.05, 0.1) is 23.7 Å². The first kappa shape index (κ1) is 28.4. The Morgan fingerprint density at radius 3 is 2.03 bits per heavy atom. The van der Waals surface area contributed by atoms with E-state index < -0.39 is 50.1 Å². The van der Waals surface area contributed by atoms with Gasteiger partial charge in [-0.3, -0.25) is 23.7 Å². The van der Waals surface area contributed by atoms with Crippen LogP contribution in [0, 0.1) is 10.1 Å². The predicted octanol–water partition coefficient (Wildman–Crippen LogP) is 3.60. The molecule has 1 aromatic rings. The van der Waals surface area contributed by atoms with Gasteiger partial charge in [-0.05, 0) is 31.7 Å². The lowest BCUT2D eigenvalue weighted by atomic mass is 9.98. The van der Waals surface area contributed by atoms with E-state index in [0.717, 1.165) is 64.2 Å². The number of benzene rings is 1. The van der Waals surface area contributed by atoms with Crippen molar-refractivity contribution < 1.29 is 47.9 Å². The number of hydrogen-bond acceptors (Lipinski definition) is 11. The van der Waals surface area contributed by atoms with Gasteiger partial charge >= 0.3 is 13.5 Å². The van der Waals surface area contributed by atoms with E-state index >= 15 is 0 Å². The van der Waals surface area contributed by atoms with Gasteiger partial charge in [0.1, 0.15) is 24.4 Å². The third-order valence-electron chi connectivity index (χ3n) is 7.03. The zero-order valence-electron chi connectivity index (χ0n) is 20.6. The molecule has 3 aliphatic rings. The van der Waals surface area contributed by atoms with Gasteiger partial charge in [-0.25, -0.2) is 4.57 Å². The molecular formula is C24H36NO11P. The molecule has 208 valence electrons. The molecule has 3 N–H and O–H groups in total. The van der Waals surface area contributed by atoms with Gasteiger partial charge in [0.2, 0.25) is 6.29 Å². The molecule has 2 aliphatic carbocycles. The second-order valence-electron chi connectivity index (χ2n) is 9.83. The third-order valence-corrected chi connectivity index (χ3v) is 8.61. The van der Waals surface area contributed by atoms with Crippen LogP contribution in [0.5, 0.6) is 5.75 Å². The number of nitro benzene ring substituents is 1. The number of aliphatic hydroxyl groups is 3. The van der Waals surface area contributed by atoms with Gasteiger partial charge in [0.15, 0.2) is 5.75 Å². The molecule has 1 aromatic carbocycles. The highest BCUT2D eigenvalue weighted by Gasteiger charge is 2.47. The maximum atomic E-state index is 13.7. The first-order chi connectivity index (χ1) is 17.8. The second-order valence-corrected chi connectivity index (χ2v) is 11.4. The summed E-state index contributed by atoms with van der Waals surface area (Å²) in [6.45, 7) is -0.488. The Labute approximate surface area is 215 Å². The molecule has 0 amide bonds. The molecule has 5 atom stereocenters. The van der Waals surface area contributed by atoms with Crippen LogP contribution in [0.1, 0.15) is 64.2 Å². The Balaban J connectivity index is 1.45. The van der Waals surface area contributed by atoms with Crippen molar-refractivity contribution in [3.63, 3.8) is 0 Å². The van der Waals surface area contributed by atoms with Crippen LogP contribution in [-0.2, 0) is 22.9 Å². The Kier molecular flexibility index (Phi) is 9.93. The normalized spacial score (nSPS) is 30.2. The van der Waals surface area contributed by atoms with E-state index in [1.165, 1.54) is 24.3 Å². The summed E-state index contributed by atoms with van der Waals surface area (Å²) in [7, 11) is -4.06. The molecule has 13 heteroatoms. The van der Waals surface area contributed by atoms with Crippen LogP contribution in [0.3, 0.4) is 0 Å². The molecule has 0 spiro atoms. The number of rotatable bonds is 10. The minimum Gasteiger partial charge on any atom is -0.455 e. The van der Waals surface area contributed by atoms with Crippen LogP contribution >= 0.6 is 7.82 Å². The molecule has 0 radical (unpaired) electrons. The van der Waals surface area contributed by atoms with Crippen molar-refractivity contribution in [3.8, 4) is 5.75 Å². The number of hydrogen-bond donors (Lipinski definition) is 3. The number of para-hydroxylation sites is 2. The molecule has 4 rings (SSSR count). The largest absolute Gasteiger partial charge is 0.475 e. The number of phosphoric acid groups is 1. The molecule has 3 fully saturated rings. The van der Waals surface area contributed by atoms with E-state index in [0.29, 0.717) is 0 Å². The van der Waals surface area contributed by atoms with Crippen molar-refractivity contribution >= 4 is 13.5 Å². The Bertz CT molecular complexity index is 913. The number of nitrogens with zero attached hydrogens (tertiary/aromatic N) is 1. The van der Waals surface area contributed by atoms with Gasteiger partial charge in [0.25, 0.3) is 0 Å². The van der Waals surface area contributed by atoms with Crippen molar-refractivity contribution in [1.29, 1.82) is 0 Å². The lowest BCUT2D eigenvalue weighted by Crippen LogP contribution is -2.60. The zero-order valence-corrected chi connectivity index (χ0v) is 21.5. The smallest absolute Gasteiger partial charge is 0.455 e. The monoisotopic (exact) mass is 545 g/mol. The average molecular weight is 546 g/mol. The number of ether oxygens (including phenoxy) is 2. The fourth-order valence-corrected chi connectivity index (χ4v) is 6.59. The molecule has 0 aromatic heterocycles. The van der Waals surface area contributed by atoms with Crippen LogP contribution in [0.4, 0.5) is 5.69 Å². The molecule has 1 aliphatic heterocycles. The van der Waals surface area contributed by atoms with E-state index in [9.17, 15) is 30.0 Å². The standard InChI is InChI=1S/C24H36NO11P/c26-21-20(34-24(23(28)22(21)27)33-19-14-8-7-13-18(19)25(29)30)15-32-37(31,35-16-9-3-1-4-10-16)36-17-11-5-2-6-12-17/h7-8,13-14,16-17,20-24,26-28H,1-6,9-12,15H2. The van der Waals surface area contributed by atoms with E-state index in [2.05, 4.69) is 0 Å². The topological polar surface area (TPSA) is 167 Å². The summed E-state index contributed by atoms with van der Waals surface area (Å²) < 4.78 is 42.3. The van der Waals surface area contributed by atoms with Crippen molar-refractivity contribution in [2.45, 2.75) is 107 Å². The van der Waals surface area contributed by atoms with Crippen molar-refractivity contribution in [2.24, 2.45) is 0 Å². The predicted molar refractivity (Wildman–Crippen MR) is 130 cm³/mol. The maximum absolute atomic E-state index is 13.7. The summed E-state index contributed by atoms with van der Waals surface area (Å²) in [5.74, 6) is -0.188. The first-order valence-corrected chi connectivity index (χ1v) is 14.4. The number of phosphoric ester groups is 1. The van der Waals surface area contributed by atoms with Crippen molar-refractivity contribution in [2.75, 3.05) is 6.61 Å². The quantitative estimate of drug-likeness (QED) is 0.223. The minimum absolute atomic E-state index is 0.188. The molecule has 5 unspecified atom stereocenters. The molecule has 1 heterocycles. The van der Waals surface area contributed by atoms with E-state index in [-0.39, 0.29) is 23.6 Å². The Morgan fingerprint density at radius 1 is 0.892 bits per heavy atom. The van der Waals surface area contributed by atoms with Gasteiger partial charge < -0.3 is 24.8 Å². The molecule has 12 nitrogen and oxygen atoms in total. The fraction of sp³-hybridized carbons (Fsp3) is 0.750. The van der Waals surface area contributed by atoms with Crippen LogP contribution in [0.2, 0.25) is 0 Å². The Morgan fingerprint density at radius 2 is 1.46 bits per heavy atom. The summed E-state index contributed by atoms with van der Waals surface area (Å²) >= 11 is 0. The fourth-order valence-electron chi connectivity index (χ4n) is 4.94. The van der Waals surface area contributed by atoms with Gasteiger partial charge in [-0.15, -0.1) is 0 Å².